The predicted octanol–water partition coefficient (Wildman–Crippen LogP) is 1.13. The van der Waals surface area contributed by atoms with Gasteiger partial charge in [-0.05, 0) is 12.1 Å². The van der Waals surface area contributed by atoms with E-state index < -0.39 is 6.10 Å². The van der Waals surface area contributed by atoms with Crippen LogP contribution in [0.25, 0.3) is 0 Å². The molecule has 0 fully saturated rings. The molecular formula is C11H17NO2. The molecule has 1 N–H and O–H groups in total. The molecule has 0 saturated heterocycles. The van der Waals surface area contributed by atoms with E-state index in [2.05, 4.69) is 0 Å². The highest BCUT2D eigenvalue weighted by Crippen LogP contribution is 2.10. The largest absolute Gasteiger partial charge is 0.389 e. The van der Waals surface area contributed by atoms with E-state index in [9.17, 15) is 5.11 Å². The molecule has 0 aliphatic carbocycles. The third-order valence-electron chi connectivity index (χ3n) is 2.04. The molecule has 0 aromatic heterocycles. The molecule has 1 unspecified atom stereocenters. The van der Waals surface area contributed by atoms with Crippen LogP contribution in [0.1, 0.15) is 0 Å². The van der Waals surface area contributed by atoms with E-state index in [1.807, 2.05) is 42.3 Å². The Morgan fingerprint density at radius 3 is 2.57 bits per heavy atom. The smallest absolute Gasteiger partial charge is 0.0947 e. The van der Waals surface area contributed by atoms with Crippen molar-refractivity contribution in [3.8, 4) is 0 Å². The van der Waals surface area contributed by atoms with Gasteiger partial charge in [0, 0.05) is 26.4 Å². The first kappa shape index (κ1) is 11.0. The molecular weight excluding hydrogens is 178 g/mol. The lowest BCUT2D eigenvalue weighted by molar-refractivity contribution is 0.0695. The highest BCUT2D eigenvalue weighted by atomic mass is 16.5. The van der Waals surface area contributed by atoms with E-state index in [1.54, 1.807) is 7.11 Å². The number of hydrogen-bond donors (Lipinski definition) is 1. The number of para-hydroxylation sites is 1. The van der Waals surface area contributed by atoms with E-state index in [-0.39, 0.29) is 0 Å². The van der Waals surface area contributed by atoms with E-state index >= 15 is 0 Å². The zero-order chi connectivity index (χ0) is 10.4. The summed E-state index contributed by atoms with van der Waals surface area (Å²) in [6.07, 6.45) is -0.440. The summed E-state index contributed by atoms with van der Waals surface area (Å²) in [6, 6.07) is 9.96. The Kier molecular flexibility index (Phi) is 4.43. The first-order valence-corrected chi connectivity index (χ1v) is 4.67. The van der Waals surface area contributed by atoms with E-state index in [4.69, 9.17) is 4.74 Å². The summed E-state index contributed by atoms with van der Waals surface area (Å²) >= 11 is 0. The van der Waals surface area contributed by atoms with Crippen molar-refractivity contribution in [2.24, 2.45) is 0 Å². The lowest BCUT2D eigenvalue weighted by Crippen LogP contribution is -2.31. The van der Waals surface area contributed by atoms with Crippen LogP contribution in [0.5, 0.6) is 0 Å². The average Bonchev–Trinajstić information content (AvgIpc) is 2.19. The van der Waals surface area contributed by atoms with Crippen molar-refractivity contribution in [2.75, 3.05) is 32.2 Å². The maximum atomic E-state index is 9.51. The fourth-order valence-electron chi connectivity index (χ4n) is 1.35. The van der Waals surface area contributed by atoms with Crippen LogP contribution in [0.15, 0.2) is 30.3 Å². The maximum Gasteiger partial charge on any atom is 0.0947 e. The second kappa shape index (κ2) is 5.62. The number of rotatable bonds is 5. The van der Waals surface area contributed by atoms with Crippen LogP contribution < -0.4 is 4.90 Å². The second-order valence-electron chi connectivity index (χ2n) is 3.33. The maximum absolute atomic E-state index is 9.51. The molecule has 0 spiro atoms. The number of aliphatic hydroxyl groups excluding tert-OH is 1. The predicted molar refractivity (Wildman–Crippen MR) is 57.6 cm³/mol. The Bertz CT molecular complexity index is 251. The minimum Gasteiger partial charge on any atom is -0.389 e. The molecule has 3 nitrogen and oxygen atoms in total. The first-order valence-electron chi connectivity index (χ1n) is 4.67. The number of benzene rings is 1. The fourth-order valence-corrected chi connectivity index (χ4v) is 1.35. The van der Waals surface area contributed by atoms with Gasteiger partial charge < -0.3 is 14.7 Å². The van der Waals surface area contributed by atoms with Gasteiger partial charge in [-0.2, -0.15) is 0 Å². The van der Waals surface area contributed by atoms with Gasteiger partial charge in [-0.3, -0.25) is 0 Å². The summed E-state index contributed by atoms with van der Waals surface area (Å²) in [5.41, 5.74) is 1.10. The Morgan fingerprint density at radius 1 is 1.36 bits per heavy atom. The zero-order valence-electron chi connectivity index (χ0n) is 8.68. The van der Waals surface area contributed by atoms with Gasteiger partial charge >= 0.3 is 0 Å². The van der Waals surface area contributed by atoms with Gasteiger partial charge in [-0.1, -0.05) is 18.2 Å². The van der Waals surface area contributed by atoms with Crippen molar-refractivity contribution >= 4 is 5.69 Å². The van der Waals surface area contributed by atoms with Crippen LogP contribution in [0.3, 0.4) is 0 Å². The number of anilines is 1. The summed E-state index contributed by atoms with van der Waals surface area (Å²) in [5.74, 6) is 0. The summed E-state index contributed by atoms with van der Waals surface area (Å²) in [6.45, 7) is 0.953. The van der Waals surface area contributed by atoms with E-state index in [0.717, 1.165) is 5.69 Å². The summed E-state index contributed by atoms with van der Waals surface area (Å²) in [5, 5.41) is 9.51. The average molecular weight is 195 g/mol. The van der Waals surface area contributed by atoms with Crippen molar-refractivity contribution in [1.82, 2.24) is 0 Å². The van der Waals surface area contributed by atoms with Gasteiger partial charge in [0.15, 0.2) is 0 Å². The van der Waals surface area contributed by atoms with Crippen molar-refractivity contribution in [3.63, 3.8) is 0 Å². The Balaban J connectivity index is 2.46. The molecule has 0 saturated carbocycles. The van der Waals surface area contributed by atoms with Crippen LogP contribution >= 0.6 is 0 Å². The van der Waals surface area contributed by atoms with Crippen LogP contribution in [0.4, 0.5) is 5.69 Å². The van der Waals surface area contributed by atoms with Crippen molar-refractivity contribution in [3.05, 3.63) is 30.3 Å². The number of nitrogens with zero attached hydrogens (tertiary/aromatic N) is 1. The van der Waals surface area contributed by atoms with E-state index in [1.165, 1.54) is 0 Å². The highest BCUT2D eigenvalue weighted by molar-refractivity contribution is 5.45. The molecule has 1 aromatic rings. The summed E-state index contributed by atoms with van der Waals surface area (Å²) < 4.78 is 4.86. The molecule has 3 heteroatoms. The normalized spacial score (nSPS) is 12.5. The minimum absolute atomic E-state index is 0.372. The van der Waals surface area contributed by atoms with E-state index in [0.29, 0.717) is 13.2 Å². The second-order valence-corrected chi connectivity index (χ2v) is 3.33. The molecule has 0 bridgehead atoms. The number of aliphatic hydroxyl groups is 1. The standard InChI is InChI=1S/C11H17NO2/c1-12(8-11(13)9-14-2)10-6-4-3-5-7-10/h3-7,11,13H,8-9H2,1-2H3. The Morgan fingerprint density at radius 2 is 2.00 bits per heavy atom. The number of methoxy groups -OCH3 is 1. The quantitative estimate of drug-likeness (QED) is 0.764. The van der Waals surface area contributed by atoms with Crippen molar-refractivity contribution < 1.29 is 9.84 Å². The molecule has 0 radical (unpaired) electrons. The minimum atomic E-state index is -0.440. The molecule has 78 valence electrons. The topological polar surface area (TPSA) is 32.7 Å². The monoisotopic (exact) mass is 195 g/mol. The van der Waals surface area contributed by atoms with Gasteiger partial charge in [0.2, 0.25) is 0 Å². The fraction of sp³-hybridized carbons (Fsp3) is 0.455. The van der Waals surface area contributed by atoms with Crippen molar-refractivity contribution in [1.29, 1.82) is 0 Å². The lowest BCUT2D eigenvalue weighted by Gasteiger charge is -2.22. The summed E-state index contributed by atoms with van der Waals surface area (Å²) in [4.78, 5) is 2.00. The first-order chi connectivity index (χ1) is 6.74. The van der Waals surface area contributed by atoms with Gasteiger partial charge in [0.05, 0.1) is 12.7 Å². The SMILES string of the molecule is COCC(O)CN(C)c1ccccc1. The number of likely N-dealkylation sites (N-methyl/N-ethyl adjacent to an activating group) is 1. The molecule has 1 rings (SSSR count). The Labute approximate surface area is 84.9 Å². The molecule has 0 amide bonds. The van der Waals surface area contributed by atoms with Crippen LogP contribution in [-0.2, 0) is 4.74 Å². The van der Waals surface area contributed by atoms with Gasteiger partial charge in [-0.15, -0.1) is 0 Å². The Hall–Kier alpha value is -1.06. The third kappa shape index (κ3) is 3.36. The number of ether oxygens (including phenoxy) is 1. The summed E-state index contributed by atoms with van der Waals surface area (Å²) in [7, 11) is 3.54. The van der Waals surface area contributed by atoms with Gasteiger partial charge in [0.25, 0.3) is 0 Å². The van der Waals surface area contributed by atoms with Crippen molar-refractivity contribution in [2.45, 2.75) is 6.10 Å². The lowest BCUT2D eigenvalue weighted by atomic mass is 10.2. The highest BCUT2D eigenvalue weighted by Gasteiger charge is 2.07. The molecule has 1 atom stereocenters. The molecule has 1 aromatic carbocycles. The van der Waals surface area contributed by atoms with Crippen LogP contribution in [-0.4, -0.2) is 38.5 Å². The molecule has 0 aliphatic heterocycles. The van der Waals surface area contributed by atoms with Gasteiger partial charge in [0.1, 0.15) is 0 Å². The molecule has 0 aliphatic rings. The third-order valence-corrected chi connectivity index (χ3v) is 2.04. The van der Waals surface area contributed by atoms with Gasteiger partial charge in [-0.25, -0.2) is 0 Å². The number of hydrogen-bond acceptors (Lipinski definition) is 3. The molecule has 0 heterocycles. The van der Waals surface area contributed by atoms with Crippen LogP contribution in [0.2, 0.25) is 0 Å². The van der Waals surface area contributed by atoms with Crippen LogP contribution in [0, 0.1) is 0 Å². The molecule has 14 heavy (non-hydrogen) atoms. The zero-order valence-corrected chi connectivity index (χ0v) is 8.68.